The smallest absolute Gasteiger partial charge is 0.251 e. The number of rotatable bonds is 5. The monoisotopic (exact) mass is 345 g/mol. The molecule has 0 spiro atoms. The summed E-state index contributed by atoms with van der Waals surface area (Å²) in [6.45, 7) is 4.01. The molecule has 5 nitrogen and oxygen atoms in total. The van der Waals surface area contributed by atoms with Crippen molar-refractivity contribution in [2.24, 2.45) is 5.92 Å². The summed E-state index contributed by atoms with van der Waals surface area (Å²) >= 11 is 0. The Hall–Kier alpha value is -2.21. The van der Waals surface area contributed by atoms with E-state index in [9.17, 15) is 9.18 Å². The summed E-state index contributed by atoms with van der Waals surface area (Å²) < 4.78 is 21.2. The van der Waals surface area contributed by atoms with Gasteiger partial charge in [0.2, 0.25) is 0 Å². The van der Waals surface area contributed by atoms with Gasteiger partial charge in [-0.05, 0) is 37.8 Å². The van der Waals surface area contributed by atoms with Crippen LogP contribution in [0.4, 0.5) is 10.2 Å². The molecule has 1 N–H and O–H groups in total. The fourth-order valence-electron chi connectivity index (χ4n) is 3.30. The molecule has 3 rings (SSSR count). The molecule has 2 aromatic rings. The molecule has 6 heteroatoms. The maximum absolute atomic E-state index is 14.0. The number of anilines is 1. The molecule has 1 heterocycles. The molecule has 1 saturated carbocycles. The third-order valence-electron chi connectivity index (χ3n) is 4.52. The fourth-order valence-corrected chi connectivity index (χ4v) is 3.30. The van der Waals surface area contributed by atoms with Crippen molar-refractivity contribution in [3.8, 4) is 5.69 Å². The van der Waals surface area contributed by atoms with Crippen LogP contribution in [0.3, 0.4) is 0 Å². The normalized spacial score (nSPS) is 20.4. The van der Waals surface area contributed by atoms with Crippen molar-refractivity contribution in [3.63, 3.8) is 0 Å². The van der Waals surface area contributed by atoms with Gasteiger partial charge < -0.3 is 10.1 Å². The summed E-state index contributed by atoms with van der Waals surface area (Å²) in [5.41, 5.74) is 0.994. The van der Waals surface area contributed by atoms with Crippen LogP contribution in [0.2, 0.25) is 0 Å². The minimum atomic E-state index is -0.395. The zero-order valence-corrected chi connectivity index (χ0v) is 14.7. The van der Waals surface area contributed by atoms with E-state index in [1.165, 1.54) is 17.2 Å². The van der Waals surface area contributed by atoms with Crippen molar-refractivity contribution >= 4 is 11.7 Å². The zero-order valence-electron chi connectivity index (χ0n) is 14.7. The topological polar surface area (TPSA) is 56.1 Å². The lowest BCUT2D eigenvalue weighted by Crippen LogP contribution is -2.27. The molecule has 0 bridgehead atoms. The molecule has 0 aliphatic heterocycles. The first-order valence-corrected chi connectivity index (χ1v) is 8.76. The van der Waals surface area contributed by atoms with Gasteiger partial charge in [0, 0.05) is 6.07 Å². The Morgan fingerprint density at radius 3 is 2.96 bits per heavy atom. The van der Waals surface area contributed by atoms with E-state index in [-0.39, 0.29) is 18.6 Å². The van der Waals surface area contributed by atoms with E-state index in [1.54, 1.807) is 31.2 Å². The first-order valence-electron chi connectivity index (χ1n) is 8.76. The van der Waals surface area contributed by atoms with Gasteiger partial charge in [-0.2, -0.15) is 5.10 Å². The number of carbonyl (C=O) groups excluding carboxylic acids is 1. The minimum Gasteiger partial charge on any atom is -0.368 e. The quantitative estimate of drug-likeness (QED) is 0.895. The van der Waals surface area contributed by atoms with Crippen LogP contribution in [-0.2, 0) is 9.53 Å². The number of nitrogens with one attached hydrogen (secondary N) is 1. The highest BCUT2D eigenvalue weighted by Crippen LogP contribution is 2.25. The van der Waals surface area contributed by atoms with Crippen LogP contribution in [0, 0.1) is 18.7 Å². The molecule has 1 aromatic heterocycles. The molecule has 1 aliphatic rings. The molecule has 1 aromatic carbocycles. The predicted octanol–water partition coefficient (Wildman–Crippen LogP) is 3.85. The molecular weight excluding hydrogens is 321 g/mol. The maximum atomic E-state index is 14.0. The fraction of sp³-hybridized carbons (Fsp3) is 0.474. The largest absolute Gasteiger partial charge is 0.368 e. The van der Waals surface area contributed by atoms with E-state index in [2.05, 4.69) is 17.3 Å². The Labute approximate surface area is 147 Å². The Bertz CT molecular complexity index is 744. The highest BCUT2D eigenvalue weighted by Gasteiger charge is 2.20. The highest BCUT2D eigenvalue weighted by atomic mass is 19.1. The lowest BCUT2D eigenvalue weighted by molar-refractivity contribution is -0.123. The molecule has 25 heavy (non-hydrogen) atoms. The van der Waals surface area contributed by atoms with Crippen LogP contribution in [0.15, 0.2) is 30.3 Å². The van der Waals surface area contributed by atoms with Crippen LogP contribution < -0.4 is 5.32 Å². The van der Waals surface area contributed by atoms with Gasteiger partial charge in [-0.15, -0.1) is 0 Å². The Balaban J connectivity index is 1.65. The van der Waals surface area contributed by atoms with Crippen molar-refractivity contribution < 1.29 is 13.9 Å². The summed E-state index contributed by atoms with van der Waals surface area (Å²) in [4.78, 5) is 12.2. The van der Waals surface area contributed by atoms with Gasteiger partial charge in [0.05, 0.1) is 11.8 Å². The van der Waals surface area contributed by atoms with Crippen LogP contribution in [0.5, 0.6) is 0 Å². The van der Waals surface area contributed by atoms with Gasteiger partial charge in [-0.3, -0.25) is 4.79 Å². The van der Waals surface area contributed by atoms with Crippen LogP contribution in [0.25, 0.3) is 5.69 Å². The van der Waals surface area contributed by atoms with E-state index in [1.807, 2.05) is 0 Å². The number of hydrogen-bond donors (Lipinski definition) is 1. The minimum absolute atomic E-state index is 0.00111. The number of benzene rings is 1. The molecule has 0 saturated heterocycles. The summed E-state index contributed by atoms with van der Waals surface area (Å²) in [6.07, 6.45) is 4.52. The van der Waals surface area contributed by atoms with Gasteiger partial charge in [-0.25, -0.2) is 9.07 Å². The predicted molar refractivity (Wildman–Crippen MR) is 94.3 cm³/mol. The van der Waals surface area contributed by atoms with Crippen molar-refractivity contribution in [1.29, 1.82) is 0 Å². The van der Waals surface area contributed by atoms with E-state index in [0.29, 0.717) is 23.1 Å². The van der Waals surface area contributed by atoms with E-state index < -0.39 is 5.82 Å². The lowest BCUT2D eigenvalue weighted by atomic mass is 9.89. The summed E-state index contributed by atoms with van der Waals surface area (Å²) in [6, 6.07) is 8.05. The Kier molecular flexibility index (Phi) is 5.48. The molecule has 1 aliphatic carbocycles. The van der Waals surface area contributed by atoms with Gasteiger partial charge in [0.1, 0.15) is 23.9 Å². The summed E-state index contributed by atoms with van der Waals surface area (Å²) in [5.74, 6) is 0.435. The second-order valence-electron chi connectivity index (χ2n) is 6.79. The van der Waals surface area contributed by atoms with Crippen molar-refractivity contribution in [2.45, 2.75) is 45.6 Å². The number of hydrogen-bond acceptors (Lipinski definition) is 3. The molecule has 1 amide bonds. The third kappa shape index (κ3) is 4.45. The highest BCUT2D eigenvalue weighted by molar-refractivity contribution is 5.91. The van der Waals surface area contributed by atoms with E-state index in [4.69, 9.17) is 4.74 Å². The van der Waals surface area contributed by atoms with E-state index in [0.717, 1.165) is 19.3 Å². The molecule has 0 radical (unpaired) electrons. The molecule has 134 valence electrons. The van der Waals surface area contributed by atoms with Crippen molar-refractivity contribution in [1.82, 2.24) is 9.78 Å². The zero-order chi connectivity index (χ0) is 17.8. The maximum Gasteiger partial charge on any atom is 0.251 e. The SMILES string of the molecule is Cc1cc(NC(=O)COC2CCCC(C)C2)n(-c2ccccc2F)n1. The van der Waals surface area contributed by atoms with Crippen LogP contribution in [0.1, 0.15) is 38.3 Å². The average Bonchev–Trinajstić information content (AvgIpc) is 2.93. The number of carbonyl (C=O) groups is 1. The summed E-state index contributed by atoms with van der Waals surface area (Å²) in [5, 5.41) is 7.05. The number of halogens is 1. The number of ether oxygens (including phenoxy) is 1. The van der Waals surface area contributed by atoms with Gasteiger partial charge in [0.15, 0.2) is 0 Å². The van der Waals surface area contributed by atoms with Gasteiger partial charge in [-0.1, -0.05) is 31.9 Å². The molecular formula is C19H24FN3O2. The van der Waals surface area contributed by atoms with Gasteiger partial charge >= 0.3 is 0 Å². The van der Waals surface area contributed by atoms with Gasteiger partial charge in [0.25, 0.3) is 5.91 Å². The first-order chi connectivity index (χ1) is 12.0. The van der Waals surface area contributed by atoms with Crippen LogP contribution >= 0.6 is 0 Å². The lowest BCUT2D eigenvalue weighted by Gasteiger charge is -2.26. The molecule has 2 unspecified atom stereocenters. The number of amides is 1. The number of aromatic nitrogens is 2. The van der Waals surface area contributed by atoms with Crippen LogP contribution in [-0.4, -0.2) is 28.4 Å². The molecule has 2 atom stereocenters. The van der Waals surface area contributed by atoms with Crippen molar-refractivity contribution in [2.75, 3.05) is 11.9 Å². The Morgan fingerprint density at radius 2 is 2.20 bits per heavy atom. The average molecular weight is 345 g/mol. The van der Waals surface area contributed by atoms with E-state index >= 15 is 0 Å². The second kappa shape index (κ2) is 7.78. The summed E-state index contributed by atoms with van der Waals surface area (Å²) in [7, 11) is 0. The third-order valence-corrected chi connectivity index (χ3v) is 4.52. The number of aryl methyl sites for hydroxylation is 1. The number of para-hydroxylation sites is 1. The second-order valence-corrected chi connectivity index (χ2v) is 6.79. The Morgan fingerprint density at radius 1 is 1.40 bits per heavy atom. The molecule has 1 fully saturated rings. The standard InChI is InChI=1S/C19H24FN3O2/c1-13-6-5-7-15(10-13)25-12-19(24)21-18-11-14(2)22-23(18)17-9-4-3-8-16(17)20/h3-4,8-9,11,13,15H,5-7,10,12H2,1-2H3,(H,21,24). The first kappa shape index (κ1) is 17.6. The number of nitrogens with zero attached hydrogens (tertiary/aromatic N) is 2. The van der Waals surface area contributed by atoms with Crippen molar-refractivity contribution in [3.05, 3.63) is 41.8 Å².